The minimum absolute atomic E-state index is 0.208. The number of Topliss-reactive ketones (excluding diaryl/α,β-unsaturated/α-hetero) is 1. The van der Waals surface area contributed by atoms with Gasteiger partial charge in [-0.1, -0.05) is 0 Å². The molecule has 1 aliphatic rings. The van der Waals surface area contributed by atoms with Crippen LogP contribution < -0.4 is 0 Å². The Morgan fingerprint density at radius 1 is 1.67 bits per heavy atom. The first-order chi connectivity index (χ1) is 8.41. The van der Waals surface area contributed by atoms with E-state index in [2.05, 4.69) is 5.10 Å². The van der Waals surface area contributed by atoms with Crippen LogP contribution in [0.4, 0.5) is 4.39 Å². The maximum Gasteiger partial charge on any atom is 0.220 e. The Bertz CT molecular complexity index is 421. The summed E-state index contributed by atoms with van der Waals surface area (Å²) in [6.07, 6.45) is -1.98. The van der Waals surface area contributed by atoms with Gasteiger partial charge in [-0.15, -0.1) is 0 Å². The molecule has 1 aromatic rings. The quantitative estimate of drug-likeness (QED) is 0.851. The van der Waals surface area contributed by atoms with Crippen LogP contribution in [-0.2, 0) is 14.3 Å². The van der Waals surface area contributed by atoms with Crippen molar-refractivity contribution in [3.8, 4) is 0 Å². The van der Waals surface area contributed by atoms with Crippen LogP contribution in [0.3, 0.4) is 0 Å². The summed E-state index contributed by atoms with van der Waals surface area (Å²) < 4.78 is 25.2. The Kier molecular flexibility index (Phi) is 3.47. The second kappa shape index (κ2) is 4.75. The van der Waals surface area contributed by atoms with Gasteiger partial charge in [-0.05, 0) is 19.9 Å². The fourth-order valence-corrected chi connectivity index (χ4v) is 1.72. The molecule has 2 rings (SSSR count). The summed E-state index contributed by atoms with van der Waals surface area (Å²) in [5, 5.41) is 13.6. The molecule has 2 heterocycles. The first-order valence-electron chi connectivity index (χ1n) is 5.56. The van der Waals surface area contributed by atoms with Crippen molar-refractivity contribution in [1.82, 2.24) is 9.78 Å². The molecule has 0 bridgehead atoms. The first-order valence-corrected chi connectivity index (χ1v) is 5.56. The van der Waals surface area contributed by atoms with E-state index < -0.39 is 30.1 Å². The smallest absolute Gasteiger partial charge is 0.220 e. The topological polar surface area (TPSA) is 73.6 Å². The van der Waals surface area contributed by atoms with Crippen LogP contribution in [0.25, 0.3) is 0 Å². The number of alkyl halides is 1. The normalized spacial score (nSPS) is 26.9. The number of carbonyl (C=O) groups is 1. The Morgan fingerprint density at radius 3 is 3.00 bits per heavy atom. The fraction of sp³-hybridized carbons (Fsp3) is 0.636. The summed E-state index contributed by atoms with van der Waals surface area (Å²) in [4.78, 5) is 11.6. The number of halogens is 1. The molecule has 0 spiro atoms. The lowest BCUT2D eigenvalue weighted by atomic mass is 10.1. The van der Waals surface area contributed by atoms with E-state index in [0.717, 1.165) is 4.68 Å². The predicted molar refractivity (Wildman–Crippen MR) is 58.3 cm³/mol. The van der Waals surface area contributed by atoms with Gasteiger partial charge in [0.05, 0.1) is 0 Å². The number of ether oxygens (including phenoxy) is 2. The molecule has 2 unspecified atom stereocenters. The first kappa shape index (κ1) is 13.1. The van der Waals surface area contributed by atoms with E-state index in [1.54, 1.807) is 13.8 Å². The van der Waals surface area contributed by atoms with E-state index in [1.165, 1.54) is 18.5 Å². The van der Waals surface area contributed by atoms with Crippen molar-refractivity contribution in [3.63, 3.8) is 0 Å². The molecular weight excluding hydrogens is 243 g/mol. The third kappa shape index (κ3) is 2.58. The van der Waals surface area contributed by atoms with Crippen molar-refractivity contribution in [2.45, 2.75) is 38.1 Å². The number of aliphatic hydroxyl groups is 1. The molecule has 1 N–H and O–H groups in total. The molecule has 1 aromatic heterocycles. The molecule has 3 atom stereocenters. The zero-order chi connectivity index (χ0) is 13.3. The lowest BCUT2D eigenvalue weighted by molar-refractivity contribution is -0.276. The Balaban J connectivity index is 2.12. The van der Waals surface area contributed by atoms with Crippen molar-refractivity contribution >= 4 is 5.78 Å². The average Bonchev–Trinajstić information content (AvgIpc) is 2.84. The Labute approximate surface area is 103 Å². The van der Waals surface area contributed by atoms with E-state index in [4.69, 9.17) is 9.47 Å². The van der Waals surface area contributed by atoms with Gasteiger partial charge in [-0.3, -0.25) is 4.79 Å². The third-order valence-electron chi connectivity index (χ3n) is 2.66. The van der Waals surface area contributed by atoms with Gasteiger partial charge < -0.3 is 14.6 Å². The van der Waals surface area contributed by atoms with Crippen LogP contribution in [-0.4, -0.2) is 45.3 Å². The average molecular weight is 258 g/mol. The standard InChI is InChI=1S/C11H15FN2O4/c1-11(2)17-6-7(15)9(18-11)8(16)10(12)14-5-3-4-13-14/h3-5,8-10,16H,6H2,1-2H3/t8?,9-,10?/m1/s1. The van der Waals surface area contributed by atoms with Gasteiger partial charge in [-0.2, -0.15) is 5.10 Å². The van der Waals surface area contributed by atoms with Gasteiger partial charge >= 0.3 is 0 Å². The maximum atomic E-state index is 13.9. The van der Waals surface area contributed by atoms with Gasteiger partial charge in [-0.25, -0.2) is 9.07 Å². The summed E-state index contributed by atoms with van der Waals surface area (Å²) in [6.45, 7) is 2.99. The highest BCUT2D eigenvalue weighted by atomic mass is 19.1. The van der Waals surface area contributed by atoms with Crippen molar-refractivity contribution in [1.29, 1.82) is 0 Å². The molecule has 0 aromatic carbocycles. The van der Waals surface area contributed by atoms with Crippen molar-refractivity contribution in [2.24, 2.45) is 0 Å². The number of hydrogen-bond acceptors (Lipinski definition) is 5. The van der Waals surface area contributed by atoms with Gasteiger partial charge in [0.1, 0.15) is 12.7 Å². The van der Waals surface area contributed by atoms with Crippen LogP contribution in [0.5, 0.6) is 0 Å². The lowest BCUT2D eigenvalue weighted by Crippen LogP contribution is -2.52. The van der Waals surface area contributed by atoms with Crippen LogP contribution in [0.2, 0.25) is 0 Å². The highest BCUT2D eigenvalue weighted by Gasteiger charge is 2.43. The van der Waals surface area contributed by atoms with E-state index in [9.17, 15) is 14.3 Å². The second-order valence-corrected chi connectivity index (χ2v) is 4.54. The predicted octanol–water partition coefficient (Wildman–Crippen LogP) is 0.433. The molecule has 7 heteroatoms. The number of ketones is 1. The largest absolute Gasteiger partial charge is 0.385 e. The van der Waals surface area contributed by atoms with Crippen LogP contribution in [0.15, 0.2) is 18.5 Å². The maximum absolute atomic E-state index is 13.9. The number of aliphatic hydroxyl groups excluding tert-OH is 1. The molecule has 0 aliphatic carbocycles. The minimum Gasteiger partial charge on any atom is -0.385 e. The SMILES string of the molecule is CC1(C)OCC(=O)[C@H](C(O)C(F)n2cccn2)O1. The fourth-order valence-electron chi connectivity index (χ4n) is 1.72. The minimum atomic E-state index is -1.84. The highest BCUT2D eigenvalue weighted by Crippen LogP contribution is 2.26. The molecule has 1 fully saturated rings. The molecule has 18 heavy (non-hydrogen) atoms. The number of aromatic nitrogens is 2. The van der Waals surface area contributed by atoms with Crippen molar-refractivity contribution in [2.75, 3.05) is 6.61 Å². The highest BCUT2D eigenvalue weighted by molar-refractivity contribution is 5.85. The van der Waals surface area contributed by atoms with Gasteiger partial charge in [0.25, 0.3) is 0 Å². The van der Waals surface area contributed by atoms with Crippen LogP contribution in [0, 0.1) is 0 Å². The van der Waals surface area contributed by atoms with E-state index >= 15 is 0 Å². The molecule has 0 saturated carbocycles. The van der Waals surface area contributed by atoms with Gasteiger partial charge in [0.15, 0.2) is 17.7 Å². The molecule has 0 radical (unpaired) electrons. The number of nitrogens with zero attached hydrogens (tertiary/aromatic N) is 2. The van der Waals surface area contributed by atoms with Crippen molar-refractivity contribution < 1.29 is 23.8 Å². The summed E-state index contributed by atoms with van der Waals surface area (Å²) in [6, 6.07) is 1.52. The third-order valence-corrected chi connectivity index (χ3v) is 2.66. The zero-order valence-corrected chi connectivity index (χ0v) is 10.1. The van der Waals surface area contributed by atoms with E-state index in [1.807, 2.05) is 0 Å². The monoisotopic (exact) mass is 258 g/mol. The number of hydrogen-bond donors (Lipinski definition) is 1. The van der Waals surface area contributed by atoms with Crippen LogP contribution in [0.1, 0.15) is 20.1 Å². The second-order valence-electron chi connectivity index (χ2n) is 4.54. The van der Waals surface area contributed by atoms with Crippen LogP contribution >= 0.6 is 0 Å². The summed E-state index contributed by atoms with van der Waals surface area (Å²) >= 11 is 0. The zero-order valence-electron chi connectivity index (χ0n) is 10.1. The molecule has 0 amide bonds. The Morgan fingerprint density at radius 2 is 2.39 bits per heavy atom. The molecule has 6 nitrogen and oxygen atoms in total. The van der Waals surface area contributed by atoms with Crippen molar-refractivity contribution in [3.05, 3.63) is 18.5 Å². The van der Waals surface area contributed by atoms with E-state index in [-0.39, 0.29) is 6.61 Å². The molecular formula is C11H15FN2O4. The molecule has 1 saturated heterocycles. The van der Waals surface area contributed by atoms with E-state index in [0.29, 0.717) is 0 Å². The number of carbonyl (C=O) groups excluding carboxylic acids is 1. The molecule has 1 aliphatic heterocycles. The number of rotatable bonds is 3. The molecule has 100 valence electrons. The van der Waals surface area contributed by atoms with Gasteiger partial charge in [0.2, 0.25) is 6.30 Å². The summed E-state index contributed by atoms with van der Waals surface area (Å²) in [5.74, 6) is -1.51. The Hall–Kier alpha value is -1.31. The lowest BCUT2D eigenvalue weighted by Gasteiger charge is -2.37. The summed E-state index contributed by atoms with van der Waals surface area (Å²) in [7, 11) is 0. The summed E-state index contributed by atoms with van der Waals surface area (Å²) in [5.41, 5.74) is 0. The van der Waals surface area contributed by atoms with Gasteiger partial charge in [0, 0.05) is 12.4 Å².